The van der Waals surface area contributed by atoms with Gasteiger partial charge in [0.15, 0.2) is 6.10 Å². The second kappa shape index (κ2) is 10.3. The standard InChI is InChI=1S/C23H30FN3O4S/c1-17(2)16-25-23(28)18(3)31-19-8-10-20(11-9-19)32(29,30)27-14-12-26(13-15-27)22-7-5-4-6-21(22)24/h4-11,17-18H,12-16H2,1-3H3,(H,25,28)/t18-/m1/s1. The van der Waals surface area contributed by atoms with E-state index < -0.39 is 16.1 Å². The summed E-state index contributed by atoms with van der Waals surface area (Å²) < 4.78 is 47.1. The number of nitrogens with zero attached hydrogens (tertiary/aromatic N) is 2. The van der Waals surface area contributed by atoms with Gasteiger partial charge in [-0.3, -0.25) is 4.79 Å². The Balaban J connectivity index is 1.59. The van der Waals surface area contributed by atoms with E-state index in [0.29, 0.717) is 37.0 Å². The third-order valence-electron chi connectivity index (χ3n) is 5.26. The van der Waals surface area contributed by atoms with Gasteiger partial charge in [-0.1, -0.05) is 26.0 Å². The second-order valence-corrected chi connectivity index (χ2v) is 10.2. The van der Waals surface area contributed by atoms with Gasteiger partial charge < -0.3 is 15.0 Å². The number of hydrogen-bond acceptors (Lipinski definition) is 5. The molecule has 1 aliphatic heterocycles. The summed E-state index contributed by atoms with van der Waals surface area (Å²) in [5, 5.41) is 2.81. The van der Waals surface area contributed by atoms with Crippen molar-refractivity contribution in [3.8, 4) is 5.75 Å². The topological polar surface area (TPSA) is 78.9 Å². The van der Waals surface area contributed by atoms with E-state index in [1.54, 1.807) is 37.3 Å². The highest BCUT2D eigenvalue weighted by Gasteiger charge is 2.29. The fourth-order valence-electron chi connectivity index (χ4n) is 3.42. The van der Waals surface area contributed by atoms with Crippen molar-refractivity contribution in [2.24, 2.45) is 5.92 Å². The first-order chi connectivity index (χ1) is 15.2. The maximum absolute atomic E-state index is 14.0. The predicted molar refractivity (Wildman–Crippen MR) is 122 cm³/mol. The van der Waals surface area contributed by atoms with Crippen molar-refractivity contribution in [1.29, 1.82) is 0 Å². The van der Waals surface area contributed by atoms with Crippen molar-refractivity contribution >= 4 is 21.6 Å². The van der Waals surface area contributed by atoms with Crippen LogP contribution in [0.1, 0.15) is 20.8 Å². The average molecular weight is 464 g/mol. The summed E-state index contributed by atoms with van der Waals surface area (Å²) >= 11 is 0. The smallest absolute Gasteiger partial charge is 0.260 e. The van der Waals surface area contributed by atoms with Crippen LogP contribution in [0.2, 0.25) is 0 Å². The highest BCUT2D eigenvalue weighted by Crippen LogP contribution is 2.24. The molecule has 1 N–H and O–H groups in total. The van der Waals surface area contributed by atoms with Gasteiger partial charge in [0.1, 0.15) is 11.6 Å². The summed E-state index contributed by atoms with van der Waals surface area (Å²) in [6, 6.07) is 12.5. The van der Waals surface area contributed by atoms with Gasteiger partial charge in [0.2, 0.25) is 10.0 Å². The molecule has 0 aliphatic carbocycles. The lowest BCUT2D eigenvalue weighted by atomic mass is 10.2. The molecule has 3 rings (SSSR count). The quantitative estimate of drug-likeness (QED) is 0.651. The monoisotopic (exact) mass is 463 g/mol. The molecule has 0 radical (unpaired) electrons. The van der Waals surface area contributed by atoms with Crippen LogP contribution in [-0.2, 0) is 14.8 Å². The normalized spacial score (nSPS) is 16.1. The van der Waals surface area contributed by atoms with Crippen LogP contribution < -0.4 is 15.0 Å². The van der Waals surface area contributed by atoms with Crippen molar-refractivity contribution in [3.05, 3.63) is 54.3 Å². The average Bonchev–Trinajstić information content (AvgIpc) is 2.78. The second-order valence-electron chi connectivity index (χ2n) is 8.21. The van der Waals surface area contributed by atoms with E-state index in [1.165, 1.54) is 22.5 Å². The maximum Gasteiger partial charge on any atom is 0.260 e. The molecule has 1 aliphatic rings. The van der Waals surface area contributed by atoms with Crippen LogP contribution in [0.25, 0.3) is 0 Å². The molecule has 0 saturated carbocycles. The fraction of sp³-hybridized carbons (Fsp3) is 0.435. The molecule has 1 fully saturated rings. The van der Waals surface area contributed by atoms with Crippen LogP contribution in [0, 0.1) is 11.7 Å². The highest BCUT2D eigenvalue weighted by molar-refractivity contribution is 7.89. The number of para-hydroxylation sites is 1. The number of halogens is 1. The minimum atomic E-state index is -3.68. The number of piperazine rings is 1. The summed E-state index contributed by atoms with van der Waals surface area (Å²) in [7, 11) is -3.68. The molecule has 1 heterocycles. The summed E-state index contributed by atoms with van der Waals surface area (Å²) in [4.78, 5) is 14.1. The highest BCUT2D eigenvalue weighted by atomic mass is 32.2. The number of amides is 1. The molecule has 32 heavy (non-hydrogen) atoms. The number of sulfonamides is 1. The first kappa shape index (κ1) is 24.0. The van der Waals surface area contributed by atoms with Crippen LogP contribution in [0.3, 0.4) is 0 Å². The Labute approximate surface area is 189 Å². The van der Waals surface area contributed by atoms with Crippen molar-refractivity contribution in [2.45, 2.75) is 31.8 Å². The van der Waals surface area contributed by atoms with Gasteiger partial charge in [-0.2, -0.15) is 4.31 Å². The molecule has 0 unspecified atom stereocenters. The van der Waals surface area contributed by atoms with Gasteiger partial charge in [0, 0.05) is 32.7 Å². The summed E-state index contributed by atoms with van der Waals surface area (Å²) in [6.07, 6.45) is -0.692. The van der Waals surface area contributed by atoms with Crippen molar-refractivity contribution in [3.63, 3.8) is 0 Å². The van der Waals surface area contributed by atoms with Crippen molar-refractivity contribution in [2.75, 3.05) is 37.6 Å². The zero-order valence-corrected chi connectivity index (χ0v) is 19.4. The molecule has 7 nitrogen and oxygen atoms in total. The van der Waals surface area contributed by atoms with Gasteiger partial charge in [0.05, 0.1) is 10.6 Å². The predicted octanol–water partition coefficient (Wildman–Crippen LogP) is 2.88. The first-order valence-corrected chi connectivity index (χ1v) is 12.2. The Bertz CT molecular complexity index is 1020. The first-order valence-electron chi connectivity index (χ1n) is 10.7. The Hall–Kier alpha value is -2.65. The molecule has 2 aromatic carbocycles. The van der Waals surface area contributed by atoms with Crippen LogP contribution in [0.15, 0.2) is 53.4 Å². The number of nitrogens with one attached hydrogen (secondary N) is 1. The molecule has 9 heteroatoms. The molecule has 1 amide bonds. The molecule has 0 spiro atoms. The van der Waals surface area contributed by atoms with Crippen LogP contribution >= 0.6 is 0 Å². The van der Waals surface area contributed by atoms with Gasteiger partial charge >= 0.3 is 0 Å². The van der Waals surface area contributed by atoms with Gasteiger partial charge in [0.25, 0.3) is 5.91 Å². The molecule has 0 bridgehead atoms. The zero-order valence-electron chi connectivity index (χ0n) is 18.6. The van der Waals surface area contributed by atoms with E-state index in [-0.39, 0.29) is 29.7 Å². The maximum atomic E-state index is 14.0. The number of carbonyl (C=O) groups is 1. The largest absolute Gasteiger partial charge is 0.481 e. The molecule has 2 aromatic rings. The van der Waals surface area contributed by atoms with Gasteiger partial charge in [-0.25, -0.2) is 12.8 Å². The fourth-order valence-corrected chi connectivity index (χ4v) is 4.85. The third-order valence-corrected chi connectivity index (χ3v) is 7.17. The Kier molecular flexibility index (Phi) is 7.73. The SMILES string of the molecule is CC(C)CNC(=O)[C@@H](C)Oc1ccc(S(=O)(=O)N2CCN(c3ccccc3F)CC2)cc1. The van der Waals surface area contributed by atoms with Crippen LogP contribution in [-0.4, -0.2) is 57.5 Å². The minimum Gasteiger partial charge on any atom is -0.481 e. The molecule has 174 valence electrons. The van der Waals surface area contributed by atoms with Crippen molar-refractivity contribution in [1.82, 2.24) is 9.62 Å². The summed E-state index contributed by atoms with van der Waals surface area (Å²) in [5.41, 5.74) is 0.484. The summed E-state index contributed by atoms with van der Waals surface area (Å²) in [6.45, 7) is 7.57. The van der Waals surface area contributed by atoms with Crippen molar-refractivity contribution < 1.29 is 22.3 Å². The Morgan fingerprint density at radius 2 is 1.66 bits per heavy atom. The van der Waals surface area contributed by atoms with Gasteiger partial charge in [-0.05, 0) is 49.2 Å². The number of benzene rings is 2. The molecule has 1 atom stereocenters. The number of hydrogen-bond donors (Lipinski definition) is 1. The minimum absolute atomic E-state index is 0.154. The summed E-state index contributed by atoms with van der Waals surface area (Å²) in [5.74, 6) is 0.222. The van der Waals surface area contributed by atoms with Crippen LogP contribution in [0.5, 0.6) is 5.75 Å². The lowest BCUT2D eigenvalue weighted by molar-refractivity contribution is -0.127. The number of rotatable bonds is 8. The number of ether oxygens (including phenoxy) is 1. The lowest BCUT2D eigenvalue weighted by Crippen LogP contribution is -2.48. The van der Waals surface area contributed by atoms with Gasteiger partial charge in [-0.15, -0.1) is 0 Å². The molecular formula is C23H30FN3O4S. The van der Waals surface area contributed by atoms with E-state index in [4.69, 9.17) is 4.74 Å². The Morgan fingerprint density at radius 1 is 1.03 bits per heavy atom. The number of anilines is 1. The van der Waals surface area contributed by atoms with Crippen LogP contribution in [0.4, 0.5) is 10.1 Å². The van der Waals surface area contributed by atoms with E-state index >= 15 is 0 Å². The zero-order chi connectivity index (χ0) is 23.3. The van der Waals surface area contributed by atoms with E-state index in [2.05, 4.69) is 5.32 Å². The van der Waals surface area contributed by atoms with E-state index in [9.17, 15) is 17.6 Å². The lowest BCUT2D eigenvalue weighted by Gasteiger charge is -2.35. The van der Waals surface area contributed by atoms with E-state index in [1.807, 2.05) is 18.7 Å². The number of carbonyl (C=O) groups excluding carboxylic acids is 1. The molecular weight excluding hydrogens is 433 g/mol. The molecule has 0 aromatic heterocycles. The Morgan fingerprint density at radius 3 is 2.25 bits per heavy atom. The third kappa shape index (κ3) is 5.77. The van der Waals surface area contributed by atoms with E-state index in [0.717, 1.165) is 0 Å². The molecule has 1 saturated heterocycles.